The van der Waals surface area contributed by atoms with Gasteiger partial charge in [0.15, 0.2) is 23.9 Å². The second-order valence-corrected chi connectivity index (χ2v) is 7.67. The highest BCUT2D eigenvalue weighted by Gasteiger charge is 2.21. The summed E-state index contributed by atoms with van der Waals surface area (Å²) in [6, 6.07) is 14.7. The van der Waals surface area contributed by atoms with E-state index in [9.17, 15) is 14.4 Å². The Hall–Kier alpha value is -4.07. The lowest BCUT2D eigenvalue weighted by Crippen LogP contribution is -2.28. The van der Waals surface area contributed by atoms with Crippen LogP contribution in [0.25, 0.3) is 0 Å². The van der Waals surface area contributed by atoms with Crippen molar-refractivity contribution in [2.45, 2.75) is 33.2 Å². The van der Waals surface area contributed by atoms with Gasteiger partial charge in [-0.2, -0.15) is 0 Å². The smallest absolute Gasteiger partial charge is 0.339 e. The Bertz CT molecular complexity index is 1140. The van der Waals surface area contributed by atoms with Crippen molar-refractivity contribution in [1.29, 1.82) is 0 Å². The molecule has 8 nitrogen and oxygen atoms in total. The zero-order valence-corrected chi connectivity index (χ0v) is 19.9. The van der Waals surface area contributed by atoms with Gasteiger partial charge in [-0.05, 0) is 49.2 Å². The number of hydrogen-bond donors (Lipinski definition) is 1. The van der Waals surface area contributed by atoms with Crippen LogP contribution in [0.4, 0.5) is 0 Å². The number of hydrogen-bond acceptors (Lipinski definition) is 7. The number of nitrogens with one attached hydrogen (secondary N) is 1. The highest BCUT2D eigenvalue weighted by atomic mass is 16.5. The summed E-state index contributed by atoms with van der Waals surface area (Å²) in [4.78, 5) is 38.0. The fourth-order valence-electron chi connectivity index (χ4n) is 3.18. The second kappa shape index (κ2) is 13.0. The normalized spacial score (nSPS) is 10.5. The van der Waals surface area contributed by atoms with Crippen LogP contribution in [0.15, 0.2) is 65.3 Å². The molecule has 2 aromatic carbocycles. The number of carbonyl (C=O) groups excluding carboxylic acids is 3. The number of furan rings is 1. The third kappa shape index (κ3) is 7.20. The van der Waals surface area contributed by atoms with Crippen LogP contribution in [-0.2, 0) is 16.1 Å². The van der Waals surface area contributed by atoms with Crippen LogP contribution in [0.5, 0.6) is 11.5 Å². The Morgan fingerprint density at radius 2 is 1.57 bits per heavy atom. The lowest BCUT2D eigenvalue weighted by molar-refractivity contribution is -0.124. The third-order valence-electron chi connectivity index (χ3n) is 4.90. The van der Waals surface area contributed by atoms with Gasteiger partial charge in [-0.3, -0.25) is 9.59 Å². The van der Waals surface area contributed by atoms with Crippen molar-refractivity contribution in [1.82, 2.24) is 5.32 Å². The lowest BCUT2D eigenvalue weighted by atomic mass is 9.98. The molecule has 1 N–H and O–H groups in total. The molecule has 0 radical (unpaired) electrons. The first kappa shape index (κ1) is 25.6. The molecule has 0 atom stereocenters. The number of amides is 1. The highest BCUT2D eigenvalue weighted by Crippen LogP contribution is 2.30. The Morgan fingerprint density at radius 1 is 0.857 bits per heavy atom. The van der Waals surface area contributed by atoms with Crippen molar-refractivity contribution in [3.8, 4) is 11.5 Å². The maximum atomic E-state index is 13.3. The third-order valence-corrected chi connectivity index (χ3v) is 4.90. The zero-order chi connectivity index (χ0) is 25.0. The van der Waals surface area contributed by atoms with Crippen LogP contribution in [0.1, 0.15) is 58.7 Å². The molecule has 0 saturated carbocycles. The van der Waals surface area contributed by atoms with E-state index in [0.717, 1.165) is 12.8 Å². The number of ketones is 1. The molecule has 0 aliphatic rings. The molecule has 0 saturated heterocycles. The maximum Gasteiger partial charge on any atom is 0.339 e. The number of ether oxygens (including phenoxy) is 3. The molecular weight excluding hydrogens is 450 g/mol. The van der Waals surface area contributed by atoms with Crippen molar-refractivity contribution in [3.63, 3.8) is 0 Å². The highest BCUT2D eigenvalue weighted by molar-refractivity contribution is 6.14. The van der Waals surface area contributed by atoms with Crippen LogP contribution in [0.2, 0.25) is 0 Å². The molecule has 8 heteroatoms. The monoisotopic (exact) mass is 479 g/mol. The van der Waals surface area contributed by atoms with E-state index in [0.29, 0.717) is 36.0 Å². The Balaban J connectivity index is 1.71. The summed E-state index contributed by atoms with van der Waals surface area (Å²) in [7, 11) is 0. The molecule has 35 heavy (non-hydrogen) atoms. The van der Waals surface area contributed by atoms with Gasteiger partial charge < -0.3 is 23.9 Å². The van der Waals surface area contributed by atoms with Crippen molar-refractivity contribution >= 4 is 17.7 Å². The molecule has 0 unspecified atom stereocenters. The van der Waals surface area contributed by atoms with E-state index in [-0.39, 0.29) is 23.5 Å². The van der Waals surface area contributed by atoms with Gasteiger partial charge >= 0.3 is 5.97 Å². The van der Waals surface area contributed by atoms with E-state index in [1.54, 1.807) is 48.5 Å². The summed E-state index contributed by atoms with van der Waals surface area (Å²) >= 11 is 0. The molecule has 0 aliphatic heterocycles. The minimum atomic E-state index is -0.771. The average Bonchev–Trinajstić information content (AvgIpc) is 3.41. The molecule has 0 spiro atoms. The fraction of sp³-hybridized carbons (Fsp3) is 0.296. The molecule has 3 rings (SSSR count). The van der Waals surface area contributed by atoms with Crippen molar-refractivity contribution in [2.24, 2.45) is 0 Å². The van der Waals surface area contributed by atoms with E-state index in [1.165, 1.54) is 12.3 Å². The molecule has 1 amide bonds. The molecular formula is C27H29NO7. The van der Waals surface area contributed by atoms with E-state index in [1.807, 2.05) is 13.8 Å². The number of benzene rings is 2. The van der Waals surface area contributed by atoms with Gasteiger partial charge in [0, 0.05) is 11.1 Å². The van der Waals surface area contributed by atoms with Crippen LogP contribution >= 0.6 is 0 Å². The fourth-order valence-corrected chi connectivity index (χ4v) is 3.18. The number of carbonyl (C=O) groups is 3. The SMILES string of the molecule is CCCOc1ccc(C(=O)c2ccccc2C(=O)OCC(=O)NCc2ccco2)cc1OCCC. The minimum absolute atomic E-state index is 0.0682. The minimum Gasteiger partial charge on any atom is -0.490 e. The van der Waals surface area contributed by atoms with Gasteiger partial charge in [-0.15, -0.1) is 0 Å². The summed E-state index contributed by atoms with van der Waals surface area (Å²) < 4.78 is 21.8. The van der Waals surface area contributed by atoms with Crippen LogP contribution in [0.3, 0.4) is 0 Å². The maximum absolute atomic E-state index is 13.3. The van der Waals surface area contributed by atoms with Crippen molar-refractivity contribution in [3.05, 3.63) is 83.3 Å². The largest absolute Gasteiger partial charge is 0.490 e. The van der Waals surface area contributed by atoms with Crippen LogP contribution < -0.4 is 14.8 Å². The first-order valence-electron chi connectivity index (χ1n) is 11.5. The quantitative estimate of drug-likeness (QED) is 0.283. The van der Waals surface area contributed by atoms with E-state index in [4.69, 9.17) is 18.6 Å². The van der Waals surface area contributed by atoms with Gasteiger partial charge in [0.1, 0.15) is 5.76 Å². The Morgan fingerprint density at radius 3 is 2.26 bits per heavy atom. The summed E-state index contributed by atoms with van der Waals surface area (Å²) in [6.07, 6.45) is 3.14. The van der Waals surface area contributed by atoms with Gasteiger partial charge in [0.05, 0.1) is 31.6 Å². The standard InChI is InChI=1S/C27H29NO7/c1-3-13-33-23-12-11-19(16-24(23)34-14-4-2)26(30)21-9-5-6-10-22(21)27(31)35-18-25(29)28-17-20-8-7-15-32-20/h5-12,15-16H,3-4,13-14,17-18H2,1-2H3,(H,28,29). The molecule has 0 aliphatic carbocycles. The molecule has 0 fully saturated rings. The van der Waals surface area contributed by atoms with E-state index >= 15 is 0 Å². The van der Waals surface area contributed by atoms with E-state index < -0.39 is 18.5 Å². The number of esters is 1. The molecule has 3 aromatic rings. The van der Waals surface area contributed by atoms with Crippen LogP contribution in [-0.4, -0.2) is 37.5 Å². The van der Waals surface area contributed by atoms with Gasteiger partial charge in [0.2, 0.25) is 0 Å². The predicted molar refractivity (Wildman–Crippen MR) is 129 cm³/mol. The molecule has 0 bridgehead atoms. The molecule has 1 heterocycles. The first-order chi connectivity index (χ1) is 17.0. The molecule has 184 valence electrons. The zero-order valence-electron chi connectivity index (χ0n) is 19.9. The number of rotatable bonds is 13. The predicted octanol–water partition coefficient (Wildman–Crippen LogP) is 4.56. The summed E-state index contributed by atoms with van der Waals surface area (Å²) in [5.41, 5.74) is 0.576. The van der Waals surface area contributed by atoms with Gasteiger partial charge in [-0.25, -0.2) is 4.79 Å². The Labute approximate surface area is 204 Å². The van der Waals surface area contributed by atoms with Gasteiger partial charge in [-0.1, -0.05) is 32.0 Å². The molecule has 1 aromatic heterocycles. The first-order valence-corrected chi connectivity index (χ1v) is 11.5. The van der Waals surface area contributed by atoms with Crippen molar-refractivity contribution < 1.29 is 33.0 Å². The van der Waals surface area contributed by atoms with Gasteiger partial charge in [0.25, 0.3) is 5.91 Å². The summed E-state index contributed by atoms with van der Waals surface area (Å²) in [6.45, 7) is 4.69. The average molecular weight is 480 g/mol. The van der Waals surface area contributed by atoms with Crippen molar-refractivity contribution in [2.75, 3.05) is 19.8 Å². The summed E-state index contributed by atoms with van der Waals surface area (Å²) in [5, 5.41) is 2.60. The lowest BCUT2D eigenvalue weighted by Gasteiger charge is -2.14. The van der Waals surface area contributed by atoms with Crippen LogP contribution in [0, 0.1) is 0 Å². The topological polar surface area (TPSA) is 104 Å². The summed E-state index contributed by atoms with van der Waals surface area (Å²) in [5.74, 6) is -0.0202. The Kier molecular flexibility index (Phi) is 9.48. The second-order valence-electron chi connectivity index (χ2n) is 7.67. The van der Waals surface area contributed by atoms with E-state index in [2.05, 4.69) is 5.32 Å².